The Bertz CT molecular complexity index is 454. The van der Waals surface area contributed by atoms with Crippen LogP contribution in [0.1, 0.15) is 11.1 Å². The van der Waals surface area contributed by atoms with Crippen molar-refractivity contribution < 1.29 is 0 Å². The first-order chi connectivity index (χ1) is 7.19. The Hall–Kier alpha value is -1.35. The number of rotatable bonds is 2. The number of nitrogens with zero attached hydrogens (tertiary/aromatic N) is 1. The number of hydrogen-bond donors (Lipinski definition) is 1. The third-order valence-corrected chi connectivity index (χ3v) is 3.10. The minimum atomic E-state index is 0.962. The van der Waals surface area contributed by atoms with Gasteiger partial charge >= 0.3 is 0 Å². The number of benzene rings is 1. The highest BCUT2D eigenvalue weighted by Crippen LogP contribution is 2.26. The van der Waals surface area contributed by atoms with Crippen molar-refractivity contribution in [3.63, 3.8) is 0 Å². The topological polar surface area (TPSA) is 24.9 Å². The van der Waals surface area contributed by atoms with Crippen LogP contribution in [0.2, 0.25) is 0 Å². The fraction of sp³-hybridized carbons (Fsp3) is 0.250. The van der Waals surface area contributed by atoms with E-state index in [1.165, 1.54) is 16.7 Å². The van der Waals surface area contributed by atoms with Gasteiger partial charge in [-0.3, -0.25) is 0 Å². The summed E-state index contributed by atoms with van der Waals surface area (Å²) in [6.07, 6.45) is 0. The van der Waals surface area contributed by atoms with Crippen molar-refractivity contribution in [2.75, 3.05) is 12.4 Å². The van der Waals surface area contributed by atoms with Crippen molar-refractivity contribution in [2.24, 2.45) is 0 Å². The second-order valence-corrected chi connectivity index (χ2v) is 4.52. The molecule has 0 unspecified atom stereocenters. The molecule has 0 atom stereocenters. The van der Waals surface area contributed by atoms with E-state index < -0.39 is 0 Å². The first-order valence-corrected chi connectivity index (χ1v) is 5.79. The first-order valence-electron chi connectivity index (χ1n) is 4.91. The van der Waals surface area contributed by atoms with Gasteiger partial charge in [0.2, 0.25) is 0 Å². The molecule has 0 saturated carbocycles. The van der Waals surface area contributed by atoms with Crippen LogP contribution >= 0.6 is 11.3 Å². The summed E-state index contributed by atoms with van der Waals surface area (Å²) in [5.41, 5.74) is 4.81. The van der Waals surface area contributed by atoms with Crippen LogP contribution in [0.4, 0.5) is 5.13 Å². The molecule has 0 bridgehead atoms. The summed E-state index contributed by atoms with van der Waals surface area (Å²) in [6.45, 7) is 4.23. The summed E-state index contributed by atoms with van der Waals surface area (Å²) in [6, 6.07) is 6.51. The average Bonchev–Trinajstić information content (AvgIpc) is 2.64. The van der Waals surface area contributed by atoms with E-state index in [0.29, 0.717) is 0 Å². The second kappa shape index (κ2) is 4.03. The maximum Gasteiger partial charge on any atom is 0.182 e. The Morgan fingerprint density at radius 2 is 1.80 bits per heavy atom. The fourth-order valence-corrected chi connectivity index (χ4v) is 2.32. The van der Waals surface area contributed by atoms with E-state index in [2.05, 4.69) is 47.7 Å². The lowest BCUT2D eigenvalue weighted by molar-refractivity contribution is 1.33. The summed E-state index contributed by atoms with van der Waals surface area (Å²) in [4.78, 5) is 4.49. The van der Waals surface area contributed by atoms with E-state index >= 15 is 0 Å². The van der Waals surface area contributed by atoms with Crippen molar-refractivity contribution >= 4 is 16.5 Å². The van der Waals surface area contributed by atoms with E-state index in [1.807, 2.05) is 7.05 Å². The van der Waals surface area contributed by atoms with Crippen LogP contribution in [0.15, 0.2) is 23.6 Å². The highest BCUT2D eigenvalue weighted by Gasteiger charge is 2.04. The van der Waals surface area contributed by atoms with Gasteiger partial charge in [-0.1, -0.05) is 17.2 Å². The second-order valence-electron chi connectivity index (χ2n) is 3.66. The van der Waals surface area contributed by atoms with E-state index in [0.717, 1.165) is 10.8 Å². The molecule has 2 nitrogen and oxygen atoms in total. The smallest absolute Gasteiger partial charge is 0.182 e. The van der Waals surface area contributed by atoms with Gasteiger partial charge in [-0.2, -0.15) is 0 Å². The van der Waals surface area contributed by atoms with Gasteiger partial charge in [0.15, 0.2) is 5.13 Å². The number of thiazole rings is 1. The van der Waals surface area contributed by atoms with Gasteiger partial charge in [-0.05, 0) is 26.0 Å². The Kier molecular flexibility index (Phi) is 2.73. The molecule has 0 fully saturated rings. The normalized spacial score (nSPS) is 10.3. The Morgan fingerprint density at radius 3 is 2.33 bits per heavy atom. The Morgan fingerprint density at radius 1 is 1.13 bits per heavy atom. The lowest BCUT2D eigenvalue weighted by atomic mass is 10.1. The molecule has 1 aromatic heterocycles. The van der Waals surface area contributed by atoms with E-state index in [4.69, 9.17) is 0 Å². The quantitative estimate of drug-likeness (QED) is 0.835. The molecule has 1 aromatic carbocycles. The van der Waals surface area contributed by atoms with Gasteiger partial charge in [-0.15, -0.1) is 11.3 Å². The standard InChI is InChI=1S/C12H14N2S/c1-8-4-9(2)6-10(5-8)11-7-15-12(13-3)14-11/h4-7H,1-3H3,(H,13,14). The molecule has 0 aliphatic rings. The molecular formula is C12H14N2S. The zero-order valence-corrected chi connectivity index (χ0v) is 9.98. The lowest BCUT2D eigenvalue weighted by Crippen LogP contribution is -1.87. The van der Waals surface area contributed by atoms with Crippen LogP contribution in [0.25, 0.3) is 11.3 Å². The fourth-order valence-electron chi connectivity index (χ4n) is 1.64. The number of hydrogen-bond acceptors (Lipinski definition) is 3. The van der Waals surface area contributed by atoms with E-state index in [1.54, 1.807) is 11.3 Å². The molecule has 0 aliphatic carbocycles. The molecule has 15 heavy (non-hydrogen) atoms. The predicted molar refractivity (Wildman–Crippen MR) is 66.6 cm³/mol. The molecule has 1 N–H and O–H groups in total. The van der Waals surface area contributed by atoms with Crippen molar-refractivity contribution in [1.29, 1.82) is 0 Å². The monoisotopic (exact) mass is 218 g/mol. The van der Waals surface area contributed by atoms with Gasteiger partial charge in [0.25, 0.3) is 0 Å². The van der Waals surface area contributed by atoms with Gasteiger partial charge in [-0.25, -0.2) is 4.98 Å². The molecule has 1 heterocycles. The van der Waals surface area contributed by atoms with Crippen LogP contribution < -0.4 is 5.32 Å². The number of nitrogens with one attached hydrogen (secondary N) is 1. The summed E-state index contributed by atoms with van der Waals surface area (Å²) >= 11 is 1.63. The van der Waals surface area contributed by atoms with Gasteiger partial charge in [0.05, 0.1) is 5.69 Å². The maximum atomic E-state index is 4.49. The third-order valence-electron chi connectivity index (χ3n) is 2.24. The molecule has 0 saturated heterocycles. The first kappa shape index (κ1) is 10.2. The minimum absolute atomic E-state index is 0.962. The SMILES string of the molecule is CNc1nc(-c2cc(C)cc(C)c2)cs1. The third kappa shape index (κ3) is 2.18. The maximum absolute atomic E-state index is 4.49. The molecule has 3 heteroatoms. The number of aromatic nitrogens is 1. The number of aryl methyl sites for hydroxylation is 2. The molecular weight excluding hydrogens is 204 g/mol. The predicted octanol–water partition coefficient (Wildman–Crippen LogP) is 3.47. The largest absolute Gasteiger partial charge is 0.365 e. The highest BCUT2D eigenvalue weighted by molar-refractivity contribution is 7.14. The summed E-state index contributed by atoms with van der Waals surface area (Å²) in [5, 5.41) is 6.10. The van der Waals surface area contributed by atoms with Gasteiger partial charge < -0.3 is 5.32 Å². The summed E-state index contributed by atoms with van der Waals surface area (Å²) in [7, 11) is 1.89. The van der Waals surface area contributed by atoms with E-state index in [9.17, 15) is 0 Å². The molecule has 2 rings (SSSR count). The zero-order chi connectivity index (χ0) is 10.8. The molecule has 2 aromatic rings. The molecule has 0 aliphatic heterocycles. The van der Waals surface area contributed by atoms with Crippen molar-refractivity contribution in [2.45, 2.75) is 13.8 Å². The Labute approximate surface area is 94.0 Å². The van der Waals surface area contributed by atoms with Crippen molar-refractivity contribution in [1.82, 2.24) is 4.98 Å². The Balaban J connectivity index is 2.44. The van der Waals surface area contributed by atoms with E-state index in [-0.39, 0.29) is 0 Å². The molecule has 0 amide bonds. The summed E-state index contributed by atoms with van der Waals surface area (Å²) < 4.78 is 0. The van der Waals surface area contributed by atoms with Crippen LogP contribution in [0, 0.1) is 13.8 Å². The molecule has 0 radical (unpaired) electrons. The minimum Gasteiger partial charge on any atom is -0.365 e. The molecule has 0 spiro atoms. The van der Waals surface area contributed by atoms with Crippen molar-refractivity contribution in [3.05, 3.63) is 34.7 Å². The average molecular weight is 218 g/mol. The van der Waals surface area contributed by atoms with Gasteiger partial charge in [0, 0.05) is 18.0 Å². The van der Waals surface area contributed by atoms with Gasteiger partial charge in [0.1, 0.15) is 0 Å². The van der Waals surface area contributed by atoms with Crippen LogP contribution in [-0.2, 0) is 0 Å². The van der Waals surface area contributed by atoms with Crippen molar-refractivity contribution in [3.8, 4) is 11.3 Å². The zero-order valence-electron chi connectivity index (χ0n) is 9.16. The number of anilines is 1. The molecule has 78 valence electrons. The highest BCUT2D eigenvalue weighted by atomic mass is 32.1. The van der Waals surface area contributed by atoms with Crippen LogP contribution in [0.3, 0.4) is 0 Å². The van der Waals surface area contributed by atoms with Crippen LogP contribution in [-0.4, -0.2) is 12.0 Å². The lowest BCUT2D eigenvalue weighted by Gasteiger charge is -2.01. The van der Waals surface area contributed by atoms with Crippen LogP contribution in [0.5, 0.6) is 0 Å². The summed E-state index contributed by atoms with van der Waals surface area (Å²) in [5.74, 6) is 0.